The van der Waals surface area contributed by atoms with Crippen molar-refractivity contribution < 1.29 is 24.1 Å². The van der Waals surface area contributed by atoms with E-state index in [0.717, 1.165) is 71.2 Å². The van der Waals surface area contributed by atoms with Crippen molar-refractivity contribution in [2.24, 2.45) is 0 Å². The number of rotatable bonds is 13. The van der Waals surface area contributed by atoms with Gasteiger partial charge >= 0.3 is 0 Å². The van der Waals surface area contributed by atoms with E-state index < -0.39 is 7.92 Å². The molecule has 0 radical (unpaired) electrons. The Morgan fingerprint density at radius 1 is 0.528 bits per heavy atom. The third-order valence-corrected chi connectivity index (χ3v) is 11.8. The maximum Gasteiger partial charge on any atom is 0.189 e. The fourth-order valence-electron chi connectivity index (χ4n) is 6.68. The Labute approximate surface area is 313 Å². The van der Waals surface area contributed by atoms with E-state index in [2.05, 4.69) is 88.4 Å². The lowest BCUT2D eigenvalue weighted by atomic mass is 9.85. The van der Waals surface area contributed by atoms with Crippen LogP contribution < -0.4 is 25.4 Å². The second-order valence-corrected chi connectivity index (χ2v) is 16.3. The minimum Gasteiger partial charge on any atom is -0.507 e. The van der Waals surface area contributed by atoms with Crippen LogP contribution in [-0.4, -0.2) is 18.7 Å². The van der Waals surface area contributed by atoms with Gasteiger partial charge in [0, 0.05) is 32.2 Å². The molecule has 0 heterocycles. The average Bonchev–Trinajstić information content (AvgIpc) is 3.17. The van der Waals surface area contributed by atoms with Crippen LogP contribution >= 0.6 is 7.92 Å². The number of phenols is 1. The molecule has 7 aromatic carbocycles. The van der Waals surface area contributed by atoms with Gasteiger partial charge in [-0.3, -0.25) is 0 Å². The Morgan fingerprint density at radius 3 is 1.45 bits per heavy atom. The molecule has 0 aromatic heterocycles. The molecule has 0 fully saturated rings. The molecule has 0 atom stereocenters. The second-order valence-electron chi connectivity index (χ2n) is 14.2. The summed E-state index contributed by atoms with van der Waals surface area (Å²) >= 11 is 0. The van der Waals surface area contributed by atoms with Crippen LogP contribution in [0.1, 0.15) is 43.0 Å². The van der Waals surface area contributed by atoms with Crippen LogP contribution in [0.2, 0.25) is 0 Å². The molecule has 5 nitrogen and oxygen atoms in total. The number of phenolic OH excluding ortho intramolecular Hbond substituents is 1. The highest BCUT2D eigenvalue weighted by molar-refractivity contribution is 7.80. The quantitative estimate of drug-likeness (QED) is 0.0730. The van der Waals surface area contributed by atoms with Crippen LogP contribution in [0, 0.1) is 6.92 Å². The molecule has 0 aliphatic heterocycles. The van der Waals surface area contributed by atoms with E-state index in [1.807, 2.05) is 84.9 Å². The first kappa shape index (κ1) is 36.2. The standard InChI is InChI=1S/C47H45O5P/c1-33-27-40(47(2,3)4)44(48)43(28-33)53(41-25-23-36-19-11-13-21-38(36)45(41)51-31-49-29-34-15-7-5-8-16-34)42-26-24-37-20-12-14-22-39(37)46(42)52-32-50-30-35-17-9-6-10-18-35/h5-28,48H,29-32H2,1-4H3. The molecular weight excluding hydrogens is 675 g/mol. The summed E-state index contributed by atoms with van der Waals surface area (Å²) in [7, 11) is -1.47. The highest BCUT2D eigenvalue weighted by Gasteiger charge is 2.31. The van der Waals surface area contributed by atoms with Gasteiger partial charge in [0.2, 0.25) is 0 Å². The predicted molar refractivity (Wildman–Crippen MR) is 219 cm³/mol. The van der Waals surface area contributed by atoms with E-state index in [4.69, 9.17) is 18.9 Å². The highest BCUT2D eigenvalue weighted by Crippen LogP contribution is 2.47. The minimum absolute atomic E-state index is 0.0561. The summed E-state index contributed by atoms with van der Waals surface area (Å²) < 4.78 is 25.6. The molecular formula is C47H45O5P. The first-order chi connectivity index (χ1) is 25.8. The van der Waals surface area contributed by atoms with E-state index in [0.29, 0.717) is 13.2 Å². The molecule has 0 unspecified atom stereocenters. The number of benzene rings is 7. The Bertz CT molecular complexity index is 2180. The first-order valence-corrected chi connectivity index (χ1v) is 19.3. The Hall–Kier alpha value is -5.19. The molecule has 0 saturated heterocycles. The van der Waals surface area contributed by atoms with Gasteiger partial charge in [0.15, 0.2) is 13.6 Å². The topological polar surface area (TPSA) is 57.2 Å². The van der Waals surface area contributed by atoms with Gasteiger partial charge in [0.05, 0.1) is 13.2 Å². The van der Waals surface area contributed by atoms with Crippen molar-refractivity contribution in [3.8, 4) is 17.2 Å². The number of hydrogen-bond donors (Lipinski definition) is 1. The minimum atomic E-state index is -1.47. The molecule has 0 aliphatic carbocycles. The normalized spacial score (nSPS) is 11.7. The third-order valence-electron chi connectivity index (χ3n) is 9.28. The van der Waals surface area contributed by atoms with Crippen LogP contribution in [0.25, 0.3) is 21.5 Å². The fraction of sp³-hybridized carbons (Fsp3) is 0.191. The predicted octanol–water partition coefficient (Wildman–Crippen LogP) is 10.2. The maximum atomic E-state index is 12.3. The molecule has 0 saturated carbocycles. The Morgan fingerprint density at radius 2 is 0.981 bits per heavy atom. The van der Waals surface area contributed by atoms with Crippen molar-refractivity contribution in [3.05, 3.63) is 168 Å². The molecule has 268 valence electrons. The lowest BCUT2D eigenvalue weighted by molar-refractivity contribution is 0.00645. The molecule has 6 heteroatoms. The Balaban J connectivity index is 1.39. The summed E-state index contributed by atoms with van der Waals surface area (Å²) in [5.74, 6) is 1.73. The fourth-order valence-corrected chi connectivity index (χ4v) is 9.35. The summed E-state index contributed by atoms with van der Waals surface area (Å²) in [5.41, 5.74) is 3.81. The van der Waals surface area contributed by atoms with Gasteiger partial charge in [-0.2, -0.15) is 0 Å². The van der Waals surface area contributed by atoms with Gasteiger partial charge in [-0.25, -0.2) is 0 Å². The lowest BCUT2D eigenvalue weighted by Gasteiger charge is -2.29. The molecule has 7 aromatic rings. The largest absolute Gasteiger partial charge is 0.507 e. The van der Waals surface area contributed by atoms with Crippen molar-refractivity contribution in [3.63, 3.8) is 0 Å². The molecule has 0 amide bonds. The van der Waals surface area contributed by atoms with Crippen LogP contribution in [0.3, 0.4) is 0 Å². The third kappa shape index (κ3) is 8.24. The zero-order valence-electron chi connectivity index (χ0n) is 30.7. The van der Waals surface area contributed by atoms with Crippen molar-refractivity contribution in [1.29, 1.82) is 0 Å². The maximum absolute atomic E-state index is 12.3. The van der Waals surface area contributed by atoms with E-state index in [9.17, 15) is 5.11 Å². The molecule has 0 aliphatic rings. The molecule has 53 heavy (non-hydrogen) atoms. The molecule has 0 bridgehead atoms. The number of hydrogen-bond acceptors (Lipinski definition) is 5. The first-order valence-electron chi connectivity index (χ1n) is 17.9. The van der Waals surface area contributed by atoms with E-state index in [-0.39, 0.29) is 24.8 Å². The Kier molecular flexibility index (Phi) is 11.1. The summed E-state index contributed by atoms with van der Waals surface area (Å²) in [5, 5.41) is 19.1. The van der Waals surface area contributed by atoms with Crippen molar-refractivity contribution in [1.82, 2.24) is 0 Å². The van der Waals surface area contributed by atoms with Crippen LogP contribution in [-0.2, 0) is 28.1 Å². The molecule has 0 spiro atoms. The number of fused-ring (bicyclic) bond motifs is 2. The van der Waals surface area contributed by atoms with E-state index in [1.165, 1.54) is 0 Å². The zero-order chi connectivity index (χ0) is 36.8. The van der Waals surface area contributed by atoms with Gasteiger partial charge in [0.1, 0.15) is 17.2 Å². The number of aromatic hydroxyl groups is 1. The highest BCUT2D eigenvalue weighted by atomic mass is 31.1. The summed E-state index contributed by atoms with van der Waals surface area (Å²) in [6.45, 7) is 9.46. The van der Waals surface area contributed by atoms with Crippen LogP contribution in [0.4, 0.5) is 0 Å². The second kappa shape index (κ2) is 16.2. The number of ether oxygens (including phenoxy) is 4. The van der Waals surface area contributed by atoms with Crippen molar-refractivity contribution in [2.75, 3.05) is 13.6 Å². The van der Waals surface area contributed by atoms with Gasteiger partial charge in [-0.05, 0) is 65.9 Å². The van der Waals surface area contributed by atoms with Crippen molar-refractivity contribution >= 4 is 45.4 Å². The van der Waals surface area contributed by atoms with E-state index in [1.54, 1.807) is 0 Å². The summed E-state index contributed by atoms with van der Waals surface area (Å²) in [6.07, 6.45) is 0. The zero-order valence-corrected chi connectivity index (χ0v) is 31.6. The van der Waals surface area contributed by atoms with Crippen LogP contribution in [0.5, 0.6) is 17.2 Å². The summed E-state index contributed by atoms with van der Waals surface area (Å²) in [4.78, 5) is 0. The van der Waals surface area contributed by atoms with Gasteiger partial charge in [0.25, 0.3) is 0 Å². The van der Waals surface area contributed by atoms with Gasteiger partial charge in [-0.15, -0.1) is 0 Å². The lowest BCUT2D eigenvalue weighted by Crippen LogP contribution is -2.27. The smallest absolute Gasteiger partial charge is 0.189 e. The van der Waals surface area contributed by atoms with Crippen LogP contribution in [0.15, 0.2) is 146 Å². The summed E-state index contributed by atoms with van der Waals surface area (Å²) in [6, 6.07) is 49.5. The SMILES string of the molecule is Cc1cc(P(c2ccc3ccccc3c2OCOCc2ccccc2)c2ccc3ccccc3c2OCOCc2ccccc2)c(O)c(C(C)(C)C)c1. The average molecular weight is 721 g/mol. The van der Waals surface area contributed by atoms with Gasteiger partial charge in [-0.1, -0.05) is 148 Å². The van der Waals surface area contributed by atoms with E-state index >= 15 is 0 Å². The molecule has 7 rings (SSSR count). The monoisotopic (exact) mass is 720 g/mol. The van der Waals surface area contributed by atoms with Crippen molar-refractivity contribution in [2.45, 2.75) is 46.3 Å². The van der Waals surface area contributed by atoms with Gasteiger partial charge < -0.3 is 24.1 Å². The number of aryl methyl sites for hydroxylation is 1. The molecule has 1 N–H and O–H groups in total.